The average Bonchev–Trinajstić information content (AvgIpc) is 2.81. The molecule has 0 spiro atoms. The van der Waals surface area contributed by atoms with Gasteiger partial charge in [0.2, 0.25) is 0 Å². The lowest BCUT2D eigenvalue weighted by Gasteiger charge is -2.31. The molecular formula is C26H27N3O4S. The summed E-state index contributed by atoms with van der Waals surface area (Å²) in [5, 5.41) is 5.26. The molecule has 176 valence electrons. The quantitative estimate of drug-likeness (QED) is 0.547. The molecule has 0 saturated carbocycles. The summed E-state index contributed by atoms with van der Waals surface area (Å²) >= 11 is 0. The Morgan fingerprint density at radius 3 is 2.18 bits per heavy atom. The maximum atomic E-state index is 13.3. The van der Waals surface area contributed by atoms with Gasteiger partial charge < -0.3 is 10.6 Å². The van der Waals surface area contributed by atoms with Crippen LogP contribution in [0, 0.1) is 20.8 Å². The molecule has 7 nitrogen and oxygen atoms in total. The minimum Gasteiger partial charge on any atom is -0.318 e. The minimum atomic E-state index is -3.76. The average molecular weight is 478 g/mol. The van der Waals surface area contributed by atoms with Crippen molar-refractivity contribution < 1.29 is 18.0 Å². The maximum Gasteiger partial charge on any atom is 0.314 e. The van der Waals surface area contributed by atoms with Crippen molar-refractivity contribution in [3.63, 3.8) is 0 Å². The number of fused-ring (bicyclic) bond motifs is 1. The van der Waals surface area contributed by atoms with E-state index in [1.807, 2.05) is 39.0 Å². The number of benzene rings is 3. The smallest absolute Gasteiger partial charge is 0.314 e. The third kappa shape index (κ3) is 4.68. The molecule has 0 unspecified atom stereocenters. The summed E-state index contributed by atoms with van der Waals surface area (Å²) in [6.45, 7) is 5.95. The van der Waals surface area contributed by atoms with Gasteiger partial charge in [-0.05, 0) is 74.6 Å². The first-order chi connectivity index (χ1) is 16.2. The molecule has 0 atom stereocenters. The molecule has 1 aliphatic rings. The molecule has 34 heavy (non-hydrogen) atoms. The number of nitrogens with zero attached hydrogens (tertiary/aromatic N) is 1. The Kier molecular flexibility index (Phi) is 6.43. The van der Waals surface area contributed by atoms with E-state index in [4.69, 9.17) is 0 Å². The number of carbonyl (C=O) groups is 2. The SMILES string of the molecule is Cc1ccc(S(=O)(=O)N2CCCc3ccc(NC(=O)C(=O)Nc4c(C)cccc4C)cc32)cc1. The molecule has 3 aromatic carbocycles. The minimum absolute atomic E-state index is 0.216. The Morgan fingerprint density at radius 2 is 1.50 bits per heavy atom. The second kappa shape index (κ2) is 9.30. The van der Waals surface area contributed by atoms with Crippen molar-refractivity contribution in [3.8, 4) is 0 Å². The van der Waals surface area contributed by atoms with Gasteiger partial charge in [0, 0.05) is 17.9 Å². The van der Waals surface area contributed by atoms with Crippen LogP contribution in [0.25, 0.3) is 0 Å². The van der Waals surface area contributed by atoms with Gasteiger partial charge in [0.05, 0.1) is 10.6 Å². The number of sulfonamides is 1. The number of rotatable bonds is 4. The standard InChI is InChI=1S/C26H27N3O4S/c1-17-9-13-22(14-10-17)34(32,33)29-15-5-8-20-11-12-21(16-23(20)29)27-25(30)26(31)28-24-18(2)6-4-7-19(24)3/h4,6-7,9-14,16H,5,8,15H2,1-3H3,(H,27,30)(H,28,31). The molecule has 4 rings (SSSR count). The fraction of sp³-hybridized carbons (Fsp3) is 0.231. The van der Waals surface area contributed by atoms with E-state index in [1.54, 1.807) is 42.5 Å². The van der Waals surface area contributed by atoms with E-state index >= 15 is 0 Å². The molecule has 0 saturated heterocycles. The van der Waals surface area contributed by atoms with Crippen LogP contribution in [0.4, 0.5) is 17.1 Å². The molecule has 3 aromatic rings. The van der Waals surface area contributed by atoms with Crippen molar-refractivity contribution in [1.82, 2.24) is 0 Å². The van der Waals surface area contributed by atoms with Crippen molar-refractivity contribution in [2.75, 3.05) is 21.5 Å². The van der Waals surface area contributed by atoms with Crippen LogP contribution in [0.15, 0.2) is 65.6 Å². The number of aryl methyl sites for hydroxylation is 4. The number of hydrogen-bond donors (Lipinski definition) is 2. The lowest BCUT2D eigenvalue weighted by molar-refractivity contribution is -0.133. The van der Waals surface area contributed by atoms with Crippen LogP contribution >= 0.6 is 0 Å². The van der Waals surface area contributed by atoms with E-state index in [0.717, 1.165) is 28.7 Å². The summed E-state index contributed by atoms with van der Waals surface area (Å²) < 4.78 is 28.1. The van der Waals surface area contributed by atoms with Crippen molar-refractivity contribution >= 4 is 38.9 Å². The maximum absolute atomic E-state index is 13.3. The van der Waals surface area contributed by atoms with Crippen molar-refractivity contribution in [3.05, 3.63) is 82.9 Å². The normalized spacial score (nSPS) is 13.2. The molecule has 1 aliphatic heterocycles. The molecule has 0 radical (unpaired) electrons. The third-order valence-corrected chi connectivity index (χ3v) is 7.78. The molecule has 0 fully saturated rings. The zero-order valence-electron chi connectivity index (χ0n) is 19.4. The first-order valence-electron chi connectivity index (χ1n) is 11.1. The van der Waals surface area contributed by atoms with E-state index in [0.29, 0.717) is 30.0 Å². The van der Waals surface area contributed by atoms with Crippen molar-refractivity contribution in [2.45, 2.75) is 38.5 Å². The third-order valence-electron chi connectivity index (χ3n) is 5.95. The molecule has 2 amide bonds. The molecule has 0 bridgehead atoms. The van der Waals surface area contributed by atoms with Gasteiger partial charge in [-0.2, -0.15) is 0 Å². The van der Waals surface area contributed by atoms with Crippen LogP contribution in [-0.4, -0.2) is 26.8 Å². The predicted octanol–water partition coefficient (Wildman–Crippen LogP) is 4.33. The molecule has 8 heteroatoms. The number of hydrogen-bond acceptors (Lipinski definition) is 4. The lowest BCUT2D eigenvalue weighted by atomic mass is 10.0. The molecule has 1 heterocycles. The van der Waals surface area contributed by atoms with Gasteiger partial charge in [-0.25, -0.2) is 8.42 Å². The van der Waals surface area contributed by atoms with Crippen LogP contribution in [0.5, 0.6) is 0 Å². The van der Waals surface area contributed by atoms with E-state index in [9.17, 15) is 18.0 Å². The predicted molar refractivity (Wildman–Crippen MR) is 134 cm³/mol. The van der Waals surface area contributed by atoms with Gasteiger partial charge in [-0.3, -0.25) is 13.9 Å². The van der Waals surface area contributed by atoms with Gasteiger partial charge in [0.15, 0.2) is 0 Å². The van der Waals surface area contributed by atoms with E-state index in [2.05, 4.69) is 10.6 Å². The summed E-state index contributed by atoms with van der Waals surface area (Å²) in [6, 6.07) is 17.4. The van der Waals surface area contributed by atoms with Crippen LogP contribution < -0.4 is 14.9 Å². The van der Waals surface area contributed by atoms with Crippen molar-refractivity contribution in [1.29, 1.82) is 0 Å². The first-order valence-corrected chi connectivity index (χ1v) is 12.5. The van der Waals surface area contributed by atoms with Gasteiger partial charge in [-0.15, -0.1) is 0 Å². The second-order valence-corrected chi connectivity index (χ2v) is 10.4. The summed E-state index contributed by atoms with van der Waals surface area (Å²) in [5.41, 5.74) is 5.02. The number of nitrogens with one attached hydrogen (secondary N) is 2. The highest BCUT2D eigenvalue weighted by Gasteiger charge is 2.29. The van der Waals surface area contributed by atoms with Gasteiger partial charge in [0.25, 0.3) is 10.0 Å². The first kappa shape index (κ1) is 23.5. The second-order valence-electron chi connectivity index (χ2n) is 8.51. The van der Waals surface area contributed by atoms with Gasteiger partial charge in [0.1, 0.15) is 0 Å². The number of anilines is 3. The zero-order chi connectivity index (χ0) is 24.5. The molecular weight excluding hydrogens is 450 g/mol. The lowest BCUT2D eigenvalue weighted by Crippen LogP contribution is -2.35. The Morgan fingerprint density at radius 1 is 0.853 bits per heavy atom. The highest BCUT2D eigenvalue weighted by molar-refractivity contribution is 7.92. The van der Waals surface area contributed by atoms with E-state index in [-0.39, 0.29) is 4.90 Å². The fourth-order valence-electron chi connectivity index (χ4n) is 4.08. The molecule has 2 N–H and O–H groups in total. The molecule has 0 aromatic heterocycles. The van der Waals surface area contributed by atoms with Crippen LogP contribution in [0.3, 0.4) is 0 Å². The Labute approximate surface area is 199 Å². The Hall–Kier alpha value is -3.65. The van der Waals surface area contributed by atoms with Gasteiger partial charge in [-0.1, -0.05) is 42.0 Å². The highest BCUT2D eigenvalue weighted by atomic mass is 32.2. The Balaban J connectivity index is 1.57. The number of carbonyl (C=O) groups excluding carboxylic acids is 2. The largest absolute Gasteiger partial charge is 0.318 e. The number of para-hydroxylation sites is 1. The number of amides is 2. The van der Waals surface area contributed by atoms with Crippen LogP contribution in [0.1, 0.15) is 28.7 Å². The summed E-state index contributed by atoms with van der Waals surface area (Å²) in [5.74, 6) is -1.62. The summed E-state index contributed by atoms with van der Waals surface area (Å²) in [4.78, 5) is 25.3. The summed E-state index contributed by atoms with van der Waals surface area (Å²) in [6.07, 6.45) is 1.43. The highest BCUT2D eigenvalue weighted by Crippen LogP contribution is 2.34. The summed E-state index contributed by atoms with van der Waals surface area (Å²) in [7, 11) is -3.76. The van der Waals surface area contributed by atoms with E-state index in [1.165, 1.54) is 4.31 Å². The monoisotopic (exact) mass is 477 g/mol. The van der Waals surface area contributed by atoms with Crippen LogP contribution in [-0.2, 0) is 26.0 Å². The zero-order valence-corrected chi connectivity index (χ0v) is 20.2. The topological polar surface area (TPSA) is 95.6 Å². The molecule has 0 aliphatic carbocycles. The van der Waals surface area contributed by atoms with Crippen molar-refractivity contribution in [2.24, 2.45) is 0 Å². The van der Waals surface area contributed by atoms with Gasteiger partial charge >= 0.3 is 11.8 Å². The Bertz CT molecular complexity index is 1350. The fourth-order valence-corrected chi connectivity index (χ4v) is 5.61. The van der Waals surface area contributed by atoms with E-state index < -0.39 is 21.8 Å². The van der Waals surface area contributed by atoms with Crippen LogP contribution in [0.2, 0.25) is 0 Å².